The Hall–Kier alpha value is 0.390. The second-order valence-corrected chi connectivity index (χ2v) is 9.50. The summed E-state index contributed by atoms with van der Waals surface area (Å²) < 4.78 is 9.07. The summed E-state index contributed by atoms with van der Waals surface area (Å²) in [7, 11) is 0. The Bertz CT molecular complexity index is 751. The van der Waals surface area contributed by atoms with Crippen molar-refractivity contribution < 1.29 is 19.7 Å². The van der Waals surface area contributed by atoms with Crippen LogP contribution in [-0.2, 0) is 11.2 Å². The maximum Gasteiger partial charge on any atom is 0.154 e. The van der Waals surface area contributed by atoms with Crippen molar-refractivity contribution in [3.8, 4) is 17.2 Å². The fourth-order valence-corrected chi connectivity index (χ4v) is 5.71. The molecule has 24 heavy (non-hydrogen) atoms. The molecule has 5 nitrogen and oxygen atoms in total. The highest BCUT2D eigenvalue weighted by atomic mass is 127. The number of rotatable bonds is 5. The Morgan fingerprint density at radius 2 is 1.58 bits per heavy atom. The fraction of sp³-hybridized carbons (Fsp3) is 0.133. The van der Waals surface area contributed by atoms with Gasteiger partial charge in [-0.1, -0.05) is 0 Å². The van der Waals surface area contributed by atoms with Crippen molar-refractivity contribution in [3.63, 3.8) is 0 Å². The number of carbonyl (C=O) groups is 1. The highest BCUT2D eigenvalue weighted by molar-refractivity contribution is 14.1. The first-order chi connectivity index (χ1) is 11.2. The summed E-state index contributed by atoms with van der Waals surface area (Å²) in [6.45, 7) is 0. The maximum atomic E-state index is 10.8. The molecule has 2 aromatic carbocycles. The summed E-state index contributed by atoms with van der Waals surface area (Å²) in [5, 5.41) is 20.6. The highest BCUT2D eigenvalue weighted by Crippen LogP contribution is 2.36. The Labute approximate surface area is 193 Å². The minimum Gasteiger partial charge on any atom is -0.548 e. The molecule has 0 aliphatic rings. The number of carbonyl (C=O) groups excluding carboxylic acids is 1. The Morgan fingerprint density at radius 1 is 1.08 bits per heavy atom. The van der Waals surface area contributed by atoms with Crippen LogP contribution in [0.1, 0.15) is 5.56 Å². The predicted octanol–water partition coefficient (Wildman–Crippen LogP) is 3.22. The maximum absolute atomic E-state index is 10.8. The second kappa shape index (κ2) is 8.85. The Kier molecular flexibility index (Phi) is 7.64. The molecule has 0 fully saturated rings. The smallest absolute Gasteiger partial charge is 0.154 e. The molecule has 0 saturated carbocycles. The largest absolute Gasteiger partial charge is 0.548 e. The molecule has 2 rings (SSSR count). The van der Waals surface area contributed by atoms with Crippen LogP contribution in [0.2, 0.25) is 0 Å². The van der Waals surface area contributed by atoms with E-state index in [1.807, 2.05) is 57.3 Å². The van der Waals surface area contributed by atoms with Crippen molar-refractivity contribution in [2.24, 2.45) is 5.73 Å². The van der Waals surface area contributed by atoms with Gasteiger partial charge in [0.1, 0.15) is 11.5 Å². The number of phenols is 1. The molecule has 0 heterocycles. The topological polar surface area (TPSA) is 95.6 Å². The second-order valence-electron chi connectivity index (χ2n) is 4.86. The van der Waals surface area contributed by atoms with Crippen LogP contribution >= 0.6 is 90.4 Å². The van der Waals surface area contributed by atoms with Gasteiger partial charge in [-0.25, -0.2) is 0 Å². The van der Waals surface area contributed by atoms with Crippen molar-refractivity contribution in [3.05, 3.63) is 44.1 Å². The third-order valence-electron chi connectivity index (χ3n) is 3.03. The van der Waals surface area contributed by atoms with Gasteiger partial charge in [0.15, 0.2) is 5.75 Å². The first-order valence-electron chi connectivity index (χ1n) is 6.49. The minimum absolute atomic E-state index is 0.198. The summed E-state index contributed by atoms with van der Waals surface area (Å²) in [5.41, 5.74) is 6.34. The number of aromatic hydroxyl groups is 1. The number of carboxylic acid groups (broad SMARTS) is 1. The van der Waals surface area contributed by atoms with Gasteiger partial charge in [0.2, 0.25) is 0 Å². The zero-order chi connectivity index (χ0) is 18.0. The van der Waals surface area contributed by atoms with E-state index in [0.29, 0.717) is 18.6 Å². The lowest BCUT2D eigenvalue weighted by atomic mass is 10.1. The molecule has 3 N–H and O–H groups in total. The number of carboxylic acids is 1. The molecule has 0 aliphatic carbocycles. The molecule has 0 radical (unpaired) electrons. The van der Waals surface area contributed by atoms with Crippen molar-refractivity contribution in [2.75, 3.05) is 0 Å². The summed E-state index contributed by atoms with van der Waals surface area (Å²) >= 11 is 8.37. The lowest BCUT2D eigenvalue weighted by molar-refractivity contribution is -0.307. The quantitative estimate of drug-likeness (QED) is 0.456. The molecule has 0 amide bonds. The number of phenolic OH excluding ortho intramolecular Hbond substituents is 1. The van der Waals surface area contributed by atoms with E-state index in [9.17, 15) is 15.0 Å². The van der Waals surface area contributed by atoms with E-state index in [1.54, 1.807) is 12.1 Å². The minimum atomic E-state index is -1.27. The lowest BCUT2D eigenvalue weighted by Crippen LogP contribution is -2.43. The van der Waals surface area contributed by atoms with Crippen LogP contribution in [0.5, 0.6) is 17.2 Å². The van der Waals surface area contributed by atoms with Crippen molar-refractivity contribution in [2.45, 2.75) is 12.5 Å². The number of nitrogens with two attached hydrogens (primary N) is 1. The lowest BCUT2D eigenvalue weighted by Gasteiger charge is -2.16. The average Bonchev–Trinajstić information content (AvgIpc) is 2.48. The van der Waals surface area contributed by atoms with Gasteiger partial charge in [-0.05, 0) is 127 Å². The van der Waals surface area contributed by atoms with Gasteiger partial charge in [-0.2, -0.15) is 0 Å². The molecule has 0 saturated heterocycles. The number of aliphatic carboxylic acids is 1. The van der Waals surface area contributed by atoms with Crippen LogP contribution in [0.3, 0.4) is 0 Å². The summed E-state index contributed by atoms with van der Waals surface area (Å²) in [6, 6.07) is 6.16. The van der Waals surface area contributed by atoms with E-state index in [0.717, 1.165) is 12.7 Å². The standard InChI is InChI=1S/C15H11I4NO4/c16-8-4-7(5-9(17)13(8)21)24-14-10(18)1-6(2-11(14)19)3-12(20)15(22)23/h1-2,4-5,12,21H,3,20H2,(H,22,23)/p-1/t12-/m1/s1. The molecule has 0 bridgehead atoms. The van der Waals surface area contributed by atoms with Crippen molar-refractivity contribution in [1.82, 2.24) is 0 Å². The van der Waals surface area contributed by atoms with Crippen molar-refractivity contribution >= 4 is 96.3 Å². The number of hydrogen-bond acceptors (Lipinski definition) is 5. The zero-order valence-corrected chi connectivity index (χ0v) is 20.5. The molecule has 9 heteroatoms. The highest BCUT2D eigenvalue weighted by Gasteiger charge is 2.14. The zero-order valence-electron chi connectivity index (χ0n) is 11.9. The molecule has 0 spiro atoms. The first kappa shape index (κ1) is 20.7. The monoisotopic (exact) mass is 776 g/mol. The van der Waals surface area contributed by atoms with Gasteiger partial charge in [0.25, 0.3) is 0 Å². The van der Waals surface area contributed by atoms with Crippen LogP contribution in [0, 0.1) is 14.3 Å². The normalized spacial score (nSPS) is 12.0. The van der Waals surface area contributed by atoms with Gasteiger partial charge in [-0.15, -0.1) is 0 Å². The van der Waals surface area contributed by atoms with Gasteiger partial charge in [0, 0.05) is 6.04 Å². The van der Waals surface area contributed by atoms with Gasteiger partial charge >= 0.3 is 0 Å². The third kappa shape index (κ3) is 5.20. The molecular formula is C15H10I4NO4-. The third-order valence-corrected chi connectivity index (χ3v) is 6.27. The van der Waals surface area contributed by atoms with Crippen LogP contribution in [0.25, 0.3) is 0 Å². The molecule has 1 atom stereocenters. The first-order valence-corrected chi connectivity index (χ1v) is 10.8. The van der Waals surface area contributed by atoms with Gasteiger partial charge in [0.05, 0.1) is 20.3 Å². The molecule has 0 aromatic heterocycles. The molecule has 2 aromatic rings. The van der Waals surface area contributed by atoms with Gasteiger partial charge in [-0.3, -0.25) is 0 Å². The Morgan fingerprint density at radius 3 is 2.04 bits per heavy atom. The summed E-state index contributed by atoms with van der Waals surface area (Å²) in [6.07, 6.45) is 0.198. The summed E-state index contributed by atoms with van der Waals surface area (Å²) in [5.74, 6) is 0.268. The number of hydrogen-bond donors (Lipinski definition) is 2. The van der Waals surface area contributed by atoms with Crippen LogP contribution in [0.15, 0.2) is 24.3 Å². The van der Waals surface area contributed by atoms with E-state index in [-0.39, 0.29) is 12.2 Å². The molecule has 0 unspecified atom stereocenters. The summed E-state index contributed by atoms with van der Waals surface area (Å²) in [4.78, 5) is 10.8. The molecule has 0 aliphatic heterocycles. The van der Waals surface area contributed by atoms with E-state index in [1.165, 1.54) is 0 Å². The number of benzene rings is 2. The SMILES string of the molecule is N[C@H](Cc1cc(I)c(Oc2cc(I)c(O)c(I)c2)c(I)c1)C(=O)[O-]. The predicted molar refractivity (Wildman–Crippen MR) is 122 cm³/mol. The van der Waals surface area contributed by atoms with Crippen molar-refractivity contribution in [1.29, 1.82) is 0 Å². The number of halogens is 4. The van der Waals surface area contributed by atoms with E-state index >= 15 is 0 Å². The van der Waals surface area contributed by atoms with E-state index < -0.39 is 12.0 Å². The molecule has 128 valence electrons. The van der Waals surface area contributed by atoms with E-state index in [2.05, 4.69) is 45.2 Å². The molecular weight excluding hydrogens is 766 g/mol. The van der Waals surface area contributed by atoms with Gasteiger partial charge < -0.3 is 25.5 Å². The van der Waals surface area contributed by atoms with Crippen LogP contribution < -0.4 is 15.6 Å². The average molecular weight is 776 g/mol. The number of ether oxygens (including phenoxy) is 1. The van der Waals surface area contributed by atoms with E-state index in [4.69, 9.17) is 10.5 Å². The van der Waals surface area contributed by atoms with Crippen LogP contribution in [0.4, 0.5) is 0 Å². The van der Waals surface area contributed by atoms with Crippen LogP contribution in [-0.4, -0.2) is 17.1 Å². The Balaban J connectivity index is 2.30. The fourth-order valence-electron chi connectivity index (χ4n) is 1.88.